The van der Waals surface area contributed by atoms with Crippen molar-refractivity contribution >= 4 is 29.0 Å². The number of hydrogen-bond acceptors (Lipinski definition) is 4. The van der Waals surface area contributed by atoms with Crippen LogP contribution in [0.1, 0.15) is 26.7 Å². The van der Waals surface area contributed by atoms with Gasteiger partial charge in [0.05, 0.1) is 6.20 Å². The lowest BCUT2D eigenvalue weighted by atomic mass is 10.0. The average molecular weight is 281 g/mol. The Morgan fingerprint density at radius 2 is 2.11 bits per heavy atom. The minimum absolute atomic E-state index is 0.108. The smallest absolute Gasteiger partial charge is 0.249 e. The quantitative estimate of drug-likeness (QED) is 0.779. The summed E-state index contributed by atoms with van der Waals surface area (Å²) >= 11 is 5.92. The van der Waals surface area contributed by atoms with Gasteiger partial charge in [-0.2, -0.15) is 4.98 Å². The van der Waals surface area contributed by atoms with Crippen LogP contribution in [0, 0.1) is 5.92 Å². The van der Waals surface area contributed by atoms with Gasteiger partial charge in [0.15, 0.2) is 5.82 Å². The van der Waals surface area contributed by atoms with Crippen molar-refractivity contribution < 1.29 is 4.79 Å². The van der Waals surface area contributed by atoms with Crippen LogP contribution >= 0.6 is 11.6 Å². The van der Waals surface area contributed by atoms with Crippen molar-refractivity contribution in [2.75, 3.05) is 16.8 Å². The maximum absolute atomic E-state index is 12.6. The number of carbonyl (C=O) groups excluding carboxylic acids is 1. The van der Waals surface area contributed by atoms with Crippen molar-refractivity contribution in [1.29, 1.82) is 0 Å². The molecule has 0 saturated heterocycles. The summed E-state index contributed by atoms with van der Waals surface area (Å²) in [6, 6.07) is 0.0939. The third kappa shape index (κ3) is 1.96. The molecule has 1 aliphatic carbocycles. The van der Waals surface area contributed by atoms with Gasteiger partial charge in [0.25, 0.3) is 0 Å². The van der Waals surface area contributed by atoms with Crippen LogP contribution in [0.5, 0.6) is 0 Å². The average Bonchev–Trinajstić information content (AvgIpc) is 3.16. The first kappa shape index (κ1) is 12.7. The van der Waals surface area contributed by atoms with E-state index in [2.05, 4.69) is 28.7 Å². The van der Waals surface area contributed by atoms with Gasteiger partial charge in [-0.15, -0.1) is 0 Å². The predicted molar refractivity (Wildman–Crippen MR) is 74.6 cm³/mol. The van der Waals surface area contributed by atoms with E-state index in [0.717, 1.165) is 24.3 Å². The lowest BCUT2D eigenvalue weighted by molar-refractivity contribution is -0.120. The lowest BCUT2D eigenvalue weighted by Crippen LogP contribution is -2.56. The number of nitrogens with zero attached hydrogens (tertiary/aromatic N) is 4. The van der Waals surface area contributed by atoms with Crippen molar-refractivity contribution in [3.05, 3.63) is 11.5 Å². The van der Waals surface area contributed by atoms with E-state index in [0.29, 0.717) is 5.92 Å². The minimum Gasteiger partial charge on any atom is -0.340 e. The molecule has 0 spiro atoms. The molecular weight excluding hydrogens is 264 g/mol. The molecule has 1 unspecified atom stereocenters. The van der Waals surface area contributed by atoms with Gasteiger partial charge in [-0.05, 0) is 44.2 Å². The van der Waals surface area contributed by atoms with Gasteiger partial charge >= 0.3 is 0 Å². The molecule has 1 saturated carbocycles. The molecule has 1 aromatic heterocycles. The molecule has 0 N–H and O–H groups in total. The molecule has 1 fully saturated rings. The Labute approximate surface area is 117 Å². The van der Waals surface area contributed by atoms with Gasteiger partial charge in [0, 0.05) is 13.1 Å². The SMILES string of the molecule is CC(C)N1c2nc(Cl)ncc2N(C)C(=O)C1C1CC1. The molecule has 0 bridgehead atoms. The van der Waals surface area contributed by atoms with Crippen molar-refractivity contribution in [3.8, 4) is 0 Å². The summed E-state index contributed by atoms with van der Waals surface area (Å²) in [6.07, 6.45) is 3.85. The van der Waals surface area contributed by atoms with Crippen LogP contribution < -0.4 is 9.80 Å². The first-order valence-electron chi connectivity index (χ1n) is 6.59. The van der Waals surface area contributed by atoms with Crippen molar-refractivity contribution in [2.45, 2.75) is 38.8 Å². The van der Waals surface area contributed by atoms with Gasteiger partial charge in [0.1, 0.15) is 11.7 Å². The first-order chi connectivity index (χ1) is 9.00. The number of fused-ring (bicyclic) bond motifs is 1. The summed E-state index contributed by atoms with van der Waals surface area (Å²) < 4.78 is 0. The molecule has 1 amide bonds. The summed E-state index contributed by atoms with van der Waals surface area (Å²) in [5.74, 6) is 1.35. The van der Waals surface area contributed by atoms with Crippen molar-refractivity contribution in [1.82, 2.24) is 9.97 Å². The molecule has 3 rings (SSSR count). The van der Waals surface area contributed by atoms with E-state index < -0.39 is 0 Å². The highest BCUT2D eigenvalue weighted by atomic mass is 35.5. The van der Waals surface area contributed by atoms with Crippen LogP contribution in [0.3, 0.4) is 0 Å². The summed E-state index contributed by atoms with van der Waals surface area (Å²) in [5.41, 5.74) is 0.736. The first-order valence-corrected chi connectivity index (χ1v) is 6.97. The fraction of sp³-hybridized carbons (Fsp3) is 0.615. The monoisotopic (exact) mass is 280 g/mol. The third-order valence-electron chi connectivity index (χ3n) is 3.83. The van der Waals surface area contributed by atoms with Crippen molar-refractivity contribution in [3.63, 3.8) is 0 Å². The highest BCUT2D eigenvalue weighted by molar-refractivity contribution is 6.28. The minimum atomic E-state index is -0.108. The van der Waals surface area contributed by atoms with Gasteiger partial charge < -0.3 is 9.80 Å². The summed E-state index contributed by atoms with van der Waals surface area (Å²) in [7, 11) is 1.78. The van der Waals surface area contributed by atoms with E-state index in [1.165, 1.54) is 0 Å². The fourth-order valence-electron chi connectivity index (χ4n) is 2.75. The van der Waals surface area contributed by atoms with Gasteiger partial charge in [-0.25, -0.2) is 4.98 Å². The Morgan fingerprint density at radius 1 is 1.42 bits per heavy atom. The number of likely N-dealkylation sites (N-methyl/N-ethyl adjacent to an activating group) is 1. The molecule has 2 aliphatic rings. The van der Waals surface area contributed by atoms with Crippen LogP contribution in [0.2, 0.25) is 5.28 Å². The summed E-state index contributed by atoms with van der Waals surface area (Å²) in [4.78, 5) is 24.7. The predicted octanol–water partition coefficient (Wildman–Crippen LogP) is 2.10. The molecule has 1 aliphatic heterocycles. The second kappa shape index (κ2) is 4.34. The molecule has 1 aromatic rings. The number of amides is 1. The summed E-state index contributed by atoms with van der Waals surface area (Å²) in [6.45, 7) is 4.15. The highest BCUT2D eigenvalue weighted by Crippen LogP contribution is 2.44. The zero-order valence-corrected chi connectivity index (χ0v) is 12.1. The lowest BCUT2D eigenvalue weighted by Gasteiger charge is -2.43. The van der Waals surface area contributed by atoms with E-state index >= 15 is 0 Å². The topological polar surface area (TPSA) is 49.3 Å². The maximum atomic E-state index is 12.6. The number of aromatic nitrogens is 2. The zero-order chi connectivity index (χ0) is 13.7. The van der Waals surface area contributed by atoms with Crippen LogP contribution in [0.25, 0.3) is 0 Å². The molecule has 2 heterocycles. The van der Waals surface area contributed by atoms with Crippen LogP contribution in [-0.2, 0) is 4.79 Å². The standard InChI is InChI=1S/C13H17ClN4O/c1-7(2)18-10(8-4-5-8)12(19)17(3)9-6-15-13(14)16-11(9)18/h6-8,10H,4-5H2,1-3H3. The number of anilines is 2. The fourth-order valence-corrected chi connectivity index (χ4v) is 2.88. The normalized spacial score (nSPS) is 23.0. The van der Waals surface area contributed by atoms with E-state index in [1.807, 2.05) is 0 Å². The Bertz CT molecular complexity index is 529. The zero-order valence-electron chi connectivity index (χ0n) is 11.3. The number of halogens is 1. The highest BCUT2D eigenvalue weighted by Gasteiger charge is 2.47. The van der Waals surface area contributed by atoms with Gasteiger partial charge in [-0.3, -0.25) is 4.79 Å². The van der Waals surface area contributed by atoms with Gasteiger partial charge in [0.2, 0.25) is 11.2 Å². The van der Waals surface area contributed by atoms with Gasteiger partial charge in [-0.1, -0.05) is 0 Å². The van der Waals surface area contributed by atoms with Crippen molar-refractivity contribution in [2.24, 2.45) is 5.92 Å². The third-order valence-corrected chi connectivity index (χ3v) is 4.02. The van der Waals surface area contributed by atoms with Crippen LogP contribution in [0.15, 0.2) is 6.20 Å². The molecule has 102 valence electrons. The number of carbonyl (C=O) groups is 1. The van der Waals surface area contributed by atoms with Crippen LogP contribution in [0.4, 0.5) is 11.5 Å². The summed E-state index contributed by atoms with van der Waals surface area (Å²) in [5, 5.41) is 0.224. The largest absolute Gasteiger partial charge is 0.340 e. The number of hydrogen-bond donors (Lipinski definition) is 0. The molecular formula is C13H17ClN4O. The molecule has 0 radical (unpaired) electrons. The Hall–Kier alpha value is -1.36. The number of rotatable bonds is 2. The van der Waals surface area contributed by atoms with E-state index in [9.17, 15) is 4.79 Å². The van der Waals surface area contributed by atoms with Crippen LogP contribution in [-0.4, -0.2) is 35.0 Å². The Balaban J connectivity index is 2.14. The second-order valence-electron chi connectivity index (χ2n) is 5.53. The maximum Gasteiger partial charge on any atom is 0.249 e. The molecule has 1 atom stereocenters. The van der Waals surface area contributed by atoms with E-state index in [4.69, 9.17) is 11.6 Å². The molecule has 19 heavy (non-hydrogen) atoms. The second-order valence-corrected chi connectivity index (χ2v) is 5.87. The Morgan fingerprint density at radius 3 is 2.68 bits per heavy atom. The Kier molecular flexibility index (Phi) is 2.89. The molecule has 0 aromatic carbocycles. The van der Waals surface area contributed by atoms with E-state index in [1.54, 1.807) is 18.1 Å². The molecule has 6 heteroatoms. The molecule has 5 nitrogen and oxygen atoms in total. The van der Waals surface area contributed by atoms with E-state index in [-0.39, 0.29) is 23.3 Å².